The van der Waals surface area contributed by atoms with E-state index in [0.29, 0.717) is 26.2 Å². The molecule has 26 heavy (non-hydrogen) atoms. The summed E-state index contributed by atoms with van der Waals surface area (Å²) in [6.45, 7) is 5.59. The van der Waals surface area contributed by atoms with Gasteiger partial charge in [-0.15, -0.1) is 0 Å². The summed E-state index contributed by atoms with van der Waals surface area (Å²) in [4.78, 5) is 15.5. The Balaban J connectivity index is 1.89. The molecular formula is C17H20F5N2O2. The largest absolute Gasteiger partial charge is 0.444 e. The van der Waals surface area contributed by atoms with Crippen molar-refractivity contribution in [2.45, 2.75) is 25.9 Å². The summed E-state index contributed by atoms with van der Waals surface area (Å²) in [5, 5.41) is 0. The molecule has 1 fully saturated rings. The molecule has 0 aromatic heterocycles. The van der Waals surface area contributed by atoms with Crippen molar-refractivity contribution in [1.82, 2.24) is 9.80 Å². The van der Waals surface area contributed by atoms with Crippen LogP contribution in [0.15, 0.2) is 0 Å². The predicted molar refractivity (Wildman–Crippen MR) is 83.6 cm³/mol. The van der Waals surface area contributed by atoms with Crippen molar-refractivity contribution < 1.29 is 31.5 Å². The number of ether oxygens (including phenoxy) is 1. The van der Waals surface area contributed by atoms with Crippen LogP contribution in [0.25, 0.3) is 0 Å². The van der Waals surface area contributed by atoms with Crippen LogP contribution in [-0.2, 0) is 11.3 Å². The number of piperazine rings is 1. The van der Waals surface area contributed by atoms with Gasteiger partial charge in [0.1, 0.15) is 6.61 Å². The molecule has 1 amide bonds. The minimum atomic E-state index is -2.25. The Morgan fingerprint density at radius 2 is 1.42 bits per heavy atom. The molecule has 2 rings (SSSR count). The van der Waals surface area contributed by atoms with Gasteiger partial charge in [0.05, 0.1) is 5.56 Å². The second-order valence-electron chi connectivity index (χ2n) is 5.99. The molecule has 9 heteroatoms. The van der Waals surface area contributed by atoms with Gasteiger partial charge in [-0.3, -0.25) is 4.90 Å². The van der Waals surface area contributed by atoms with Gasteiger partial charge in [-0.25, -0.2) is 26.7 Å². The maximum absolute atomic E-state index is 13.6. The molecule has 1 radical (unpaired) electrons. The molecule has 1 aromatic carbocycles. The molecule has 0 bridgehead atoms. The fourth-order valence-electron chi connectivity index (χ4n) is 2.67. The molecule has 0 N–H and O–H groups in total. The molecule has 1 aliphatic heterocycles. The first-order chi connectivity index (χ1) is 12.4. The van der Waals surface area contributed by atoms with Crippen LogP contribution < -0.4 is 0 Å². The first-order valence-corrected chi connectivity index (χ1v) is 8.30. The minimum absolute atomic E-state index is 0.361. The van der Waals surface area contributed by atoms with E-state index in [2.05, 4.69) is 11.8 Å². The smallest absolute Gasteiger partial charge is 0.410 e. The van der Waals surface area contributed by atoms with Crippen molar-refractivity contribution in [1.29, 1.82) is 0 Å². The number of carbonyl (C=O) groups is 1. The van der Waals surface area contributed by atoms with Crippen molar-refractivity contribution in [3.8, 4) is 0 Å². The third-order valence-corrected chi connectivity index (χ3v) is 4.25. The van der Waals surface area contributed by atoms with E-state index in [-0.39, 0.29) is 0 Å². The molecule has 0 atom stereocenters. The second kappa shape index (κ2) is 9.16. The highest BCUT2D eigenvalue weighted by Crippen LogP contribution is 2.23. The number of hydrogen-bond donors (Lipinski definition) is 0. The highest BCUT2D eigenvalue weighted by Gasteiger charge is 2.27. The summed E-state index contributed by atoms with van der Waals surface area (Å²) in [6.07, 6.45) is 2.04. The van der Waals surface area contributed by atoms with Crippen molar-refractivity contribution in [3.63, 3.8) is 0 Å². The summed E-state index contributed by atoms with van der Waals surface area (Å²) in [7, 11) is 0. The van der Waals surface area contributed by atoms with Crippen molar-refractivity contribution in [2.75, 3.05) is 32.7 Å². The third-order valence-electron chi connectivity index (χ3n) is 4.25. The Morgan fingerprint density at radius 3 is 1.96 bits per heavy atom. The first kappa shape index (κ1) is 20.4. The second-order valence-corrected chi connectivity index (χ2v) is 5.99. The molecule has 0 unspecified atom stereocenters. The van der Waals surface area contributed by atoms with Gasteiger partial charge >= 0.3 is 6.09 Å². The fraction of sp³-hybridized carbons (Fsp3) is 0.529. The average Bonchev–Trinajstić information content (AvgIpc) is 2.65. The Bertz CT molecular complexity index is 620. The van der Waals surface area contributed by atoms with Gasteiger partial charge in [-0.1, -0.05) is 19.8 Å². The predicted octanol–water partition coefficient (Wildman–Crippen LogP) is 3.64. The molecule has 145 valence electrons. The number of halogens is 5. The lowest BCUT2D eigenvalue weighted by Crippen LogP contribution is -2.49. The molecule has 0 saturated carbocycles. The topological polar surface area (TPSA) is 32.8 Å². The number of nitrogens with zero attached hydrogens (tertiary/aromatic N) is 2. The maximum atomic E-state index is 13.6. The Kier molecular flexibility index (Phi) is 7.19. The molecule has 0 spiro atoms. The van der Waals surface area contributed by atoms with Gasteiger partial charge in [-0.05, 0) is 13.0 Å². The Morgan fingerprint density at radius 1 is 0.885 bits per heavy atom. The molecule has 1 aromatic rings. The van der Waals surface area contributed by atoms with Gasteiger partial charge in [0.25, 0.3) is 0 Å². The molecule has 0 aliphatic carbocycles. The van der Waals surface area contributed by atoms with Gasteiger partial charge in [0.15, 0.2) is 23.3 Å². The third kappa shape index (κ3) is 4.63. The van der Waals surface area contributed by atoms with Crippen LogP contribution in [0.2, 0.25) is 0 Å². The highest BCUT2D eigenvalue weighted by atomic mass is 19.2. The van der Waals surface area contributed by atoms with Gasteiger partial charge in [0, 0.05) is 26.2 Å². The van der Waals surface area contributed by atoms with E-state index in [1.54, 1.807) is 0 Å². The van der Waals surface area contributed by atoms with Crippen molar-refractivity contribution in [2.24, 2.45) is 0 Å². The van der Waals surface area contributed by atoms with Crippen LogP contribution in [-0.4, -0.2) is 48.6 Å². The van der Waals surface area contributed by atoms with Crippen LogP contribution in [0.5, 0.6) is 0 Å². The zero-order valence-corrected chi connectivity index (χ0v) is 14.2. The van der Waals surface area contributed by atoms with Crippen LogP contribution in [0.1, 0.15) is 24.8 Å². The quantitative estimate of drug-likeness (QED) is 0.327. The molecular weight excluding hydrogens is 359 g/mol. The number of amides is 1. The number of benzene rings is 1. The lowest BCUT2D eigenvalue weighted by Gasteiger charge is -2.34. The first-order valence-electron chi connectivity index (χ1n) is 8.30. The Labute approximate surface area is 148 Å². The number of carbonyl (C=O) groups excluding carboxylic acids is 1. The summed E-state index contributed by atoms with van der Waals surface area (Å²) < 4.78 is 71.1. The van der Waals surface area contributed by atoms with Gasteiger partial charge < -0.3 is 9.64 Å². The SMILES string of the molecule is [CH2]CCCCN1CCN(C(=O)OCc2c(F)c(F)c(F)c(F)c2F)CC1. The van der Waals surface area contributed by atoms with E-state index in [1.807, 2.05) is 0 Å². The van der Waals surface area contributed by atoms with Gasteiger partial charge in [0.2, 0.25) is 5.82 Å². The monoisotopic (exact) mass is 379 g/mol. The van der Waals surface area contributed by atoms with E-state index in [0.717, 1.165) is 25.8 Å². The number of rotatable bonds is 6. The van der Waals surface area contributed by atoms with Crippen LogP contribution >= 0.6 is 0 Å². The zero-order valence-electron chi connectivity index (χ0n) is 14.2. The van der Waals surface area contributed by atoms with Gasteiger partial charge in [-0.2, -0.15) is 0 Å². The summed E-state index contributed by atoms with van der Waals surface area (Å²) in [5.74, 6) is -10.4. The molecule has 1 aliphatic rings. The highest BCUT2D eigenvalue weighted by molar-refractivity contribution is 5.67. The van der Waals surface area contributed by atoms with E-state index < -0.39 is 47.3 Å². The van der Waals surface area contributed by atoms with E-state index in [1.165, 1.54) is 4.90 Å². The maximum Gasteiger partial charge on any atom is 0.410 e. The summed E-state index contributed by atoms with van der Waals surface area (Å²) in [6, 6.07) is 0. The zero-order chi connectivity index (χ0) is 19.3. The van der Waals surface area contributed by atoms with Crippen LogP contribution in [0.3, 0.4) is 0 Å². The molecule has 1 heterocycles. The fourth-order valence-corrected chi connectivity index (χ4v) is 2.67. The molecule has 4 nitrogen and oxygen atoms in total. The van der Waals surface area contributed by atoms with E-state index >= 15 is 0 Å². The van der Waals surface area contributed by atoms with E-state index in [4.69, 9.17) is 4.74 Å². The lowest BCUT2D eigenvalue weighted by molar-refractivity contribution is 0.0695. The lowest BCUT2D eigenvalue weighted by atomic mass is 10.2. The van der Waals surface area contributed by atoms with Crippen LogP contribution in [0, 0.1) is 36.0 Å². The average molecular weight is 379 g/mol. The summed E-state index contributed by atoms with van der Waals surface area (Å²) >= 11 is 0. The number of hydrogen-bond acceptors (Lipinski definition) is 3. The Hall–Kier alpha value is -1.90. The normalized spacial score (nSPS) is 15.4. The number of unbranched alkanes of at least 4 members (excludes halogenated alkanes) is 2. The van der Waals surface area contributed by atoms with Crippen LogP contribution in [0.4, 0.5) is 26.7 Å². The minimum Gasteiger partial charge on any atom is -0.444 e. The van der Waals surface area contributed by atoms with Crippen molar-refractivity contribution >= 4 is 6.09 Å². The molecule has 1 saturated heterocycles. The standard InChI is InChI=1S/C17H20F5N2O2/c1-2-3-4-5-23-6-8-24(9-7-23)17(25)26-10-11-12(18)14(20)16(22)15(21)13(11)19/h1-10H2. The summed E-state index contributed by atoms with van der Waals surface area (Å²) in [5.41, 5.74) is -1.17. The van der Waals surface area contributed by atoms with Crippen molar-refractivity contribution in [3.05, 3.63) is 41.6 Å². The van der Waals surface area contributed by atoms with E-state index in [9.17, 15) is 26.7 Å².